The van der Waals surface area contributed by atoms with E-state index in [0.29, 0.717) is 22.0 Å². The van der Waals surface area contributed by atoms with Crippen molar-refractivity contribution in [3.8, 4) is 5.75 Å². The lowest BCUT2D eigenvalue weighted by Crippen LogP contribution is -2.29. The van der Waals surface area contributed by atoms with Gasteiger partial charge in [0.15, 0.2) is 0 Å². The molecule has 0 unspecified atom stereocenters. The summed E-state index contributed by atoms with van der Waals surface area (Å²) in [6, 6.07) is 20.5. The normalized spacial score (nSPS) is 17.8. The second-order valence-electron chi connectivity index (χ2n) is 7.50. The second kappa shape index (κ2) is 8.28. The summed E-state index contributed by atoms with van der Waals surface area (Å²) in [5.41, 5.74) is 4.21. The molecule has 2 N–H and O–H groups in total. The Morgan fingerprint density at radius 2 is 1.55 bits per heavy atom. The van der Waals surface area contributed by atoms with Gasteiger partial charge in [0.2, 0.25) is 0 Å². The van der Waals surface area contributed by atoms with Gasteiger partial charge in [-0.1, -0.05) is 41.4 Å². The van der Waals surface area contributed by atoms with E-state index in [0.717, 1.165) is 16.8 Å². The van der Waals surface area contributed by atoms with Crippen molar-refractivity contribution in [3.63, 3.8) is 0 Å². The van der Waals surface area contributed by atoms with Crippen LogP contribution in [-0.4, -0.2) is 16.8 Å². The number of phenolic OH excluding ortho intramolecular Hbond substituents is 1. The lowest BCUT2D eigenvalue weighted by Gasteiger charge is -2.26. The summed E-state index contributed by atoms with van der Waals surface area (Å²) >= 11 is 6.07. The van der Waals surface area contributed by atoms with Crippen molar-refractivity contribution in [1.82, 2.24) is 0 Å². The number of aryl methyl sites for hydroxylation is 1. The first-order chi connectivity index (χ1) is 14.8. The number of Topliss-reactive ketones (excluding diaryl/α,β-unsaturated/α-hetero) is 1. The van der Waals surface area contributed by atoms with Crippen LogP contribution in [0, 0.1) is 6.92 Å². The predicted octanol–water partition coefficient (Wildman–Crippen LogP) is 5.40. The summed E-state index contributed by atoms with van der Waals surface area (Å²) in [7, 11) is 0. The number of aromatic hydroxyl groups is 1. The van der Waals surface area contributed by atoms with Gasteiger partial charge in [-0.15, -0.1) is 0 Å². The number of anilines is 2. The van der Waals surface area contributed by atoms with E-state index in [1.807, 2.05) is 43.3 Å². The number of halogens is 1. The molecule has 1 saturated heterocycles. The summed E-state index contributed by atoms with van der Waals surface area (Å²) in [5.74, 6) is -1.10. The molecule has 0 aromatic heterocycles. The molecule has 4 rings (SSSR count). The fourth-order valence-electron chi connectivity index (χ4n) is 3.73. The molecule has 1 atom stereocenters. The molecule has 3 aromatic carbocycles. The van der Waals surface area contributed by atoms with Gasteiger partial charge < -0.3 is 10.4 Å². The minimum Gasteiger partial charge on any atom is -0.508 e. The van der Waals surface area contributed by atoms with Gasteiger partial charge in [-0.2, -0.15) is 0 Å². The van der Waals surface area contributed by atoms with Crippen molar-refractivity contribution in [1.29, 1.82) is 0 Å². The number of benzene rings is 3. The molecule has 6 heteroatoms. The van der Waals surface area contributed by atoms with Crippen LogP contribution in [0.5, 0.6) is 5.75 Å². The number of nitrogens with one attached hydrogen (secondary N) is 1. The Morgan fingerprint density at radius 3 is 2.16 bits per heavy atom. The van der Waals surface area contributed by atoms with E-state index in [-0.39, 0.29) is 5.75 Å². The van der Waals surface area contributed by atoms with Gasteiger partial charge in [-0.25, -0.2) is 0 Å². The first-order valence-electron chi connectivity index (χ1n) is 9.82. The minimum absolute atomic E-state index is 0.0812. The number of hydrogen-bond donors (Lipinski definition) is 2. The largest absolute Gasteiger partial charge is 0.508 e. The Labute approximate surface area is 185 Å². The Hall–Kier alpha value is -3.57. The molecule has 156 valence electrons. The van der Waals surface area contributed by atoms with E-state index in [1.165, 1.54) is 17.0 Å². The van der Waals surface area contributed by atoms with Crippen molar-refractivity contribution < 1.29 is 14.7 Å². The Bertz CT molecular complexity index is 1170. The number of allylic oxidation sites excluding steroid dienone is 1. The maximum absolute atomic E-state index is 13.1. The first-order valence-corrected chi connectivity index (χ1v) is 10.2. The van der Waals surface area contributed by atoms with Crippen LogP contribution in [0.1, 0.15) is 24.1 Å². The molecule has 0 spiro atoms. The SMILES string of the molecule is C/C(Nc1ccc(C)cc1)=C1\C(=O)C(=O)N(c2ccc(O)cc2)[C@@H]1c1ccc(Cl)cc1. The van der Waals surface area contributed by atoms with E-state index in [9.17, 15) is 14.7 Å². The van der Waals surface area contributed by atoms with E-state index in [1.54, 1.807) is 31.2 Å². The molecular formula is C25H21ClN2O3. The molecular weight excluding hydrogens is 412 g/mol. The van der Waals surface area contributed by atoms with Crippen LogP contribution in [0.25, 0.3) is 0 Å². The molecule has 1 aliphatic rings. The monoisotopic (exact) mass is 432 g/mol. The maximum Gasteiger partial charge on any atom is 0.300 e. The molecule has 0 radical (unpaired) electrons. The standard InChI is InChI=1S/C25H21ClN2O3/c1-15-3-9-19(10-4-15)27-16(2)22-23(17-5-7-18(26)8-6-17)28(25(31)24(22)30)20-11-13-21(29)14-12-20/h3-14,23,27,29H,1-2H3/b22-16+/t23-/m1/s1. The van der Waals surface area contributed by atoms with Gasteiger partial charge in [-0.3, -0.25) is 14.5 Å². The fraction of sp³-hybridized carbons (Fsp3) is 0.120. The van der Waals surface area contributed by atoms with Gasteiger partial charge in [0, 0.05) is 22.1 Å². The molecule has 3 aromatic rings. The summed E-state index contributed by atoms with van der Waals surface area (Å²) in [6.45, 7) is 3.80. The Balaban J connectivity index is 1.84. The van der Waals surface area contributed by atoms with Crippen LogP contribution in [0.3, 0.4) is 0 Å². The van der Waals surface area contributed by atoms with Gasteiger partial charge in [-0.05, 0) is 67.9 Å². The molecule has 0 bridgehead atoms. The topological polar surface area (TPSA) is 69.6 Å². The summed E-state index contributed by atoms with van der Waals surface area (Å²) in [6.07, 6.45) is 0. The van der Waals surface area contributed by atoms with Crippen LogP contribution in [0.2, 0.25) is 5.02 Å². The molecule has 0 aliphatic carbocycles. The zero-order valence-corrected chi connectivity index (χ0v) is 17.9. The number of rotatable bonds is 4. The van der Waals surface area contributed by atoms with Crippen molar-refractivity contribution in [2.45, 2.75) is 19.9 Å². The zero-order chi connectivity index (χ0) is 22.1. The summed E-state index contributed by atoms with van der Waals surface area (Å²) in [5, 5.41) is 13.5. The number of amides is 1. The van der Waals surface area contributed by atoms with Crippen LogP contribution >= 0.6 is 11.6 Å². The van der Waals surface area contributed by atoms with Gasteiger partial charge >= 0.3 is 0 Å². The maximum atomic E-state index is 13.1. The van der Waals surface area contributed by atoms with Crippen LogP contribution in [0.15, 0.2) is 84.1 Å². The first kappa shape index (κ1) is 20.7. The molecule has 5 nitrogen and oxygen atoms in total. The third-order valence-corrected chi connectivity index (χ3v) is 5.54. The quantitative estimate of drug-likeness (QED) is 0.428. The van der Waals surface area contributed by atoms with Crippen molar-refractivity contribution in [3.05, 3.63) is 100 Å². The summed E-state index contributed by atoms with van der Waals surface area (Å²) < 4.78 is 0. The molecule has 0 saturated carbocycles. The third-order valence-electron chi connectivity index (χ3n) is 5.29. The van der Waals surface area contributed by atoms with Crippen LogP contribution in [0.4, 0.5) is 11.4 Å². The van der Waals surface area contributed by atoms with Gasteiger partial charge in [0.1, 0.15) is 5.75 Å². The van der Waals surface area contributed by atoms with Crippen LogP contribution < -0.4 is 10.2 Å². The van der Waals surface area contributed by atoms with Gasteiger partial charge in [0.25, 0.3) is 11.7 Å². The molecule has 1 aliphatic heterocycles. The highest BCUT2D eigenvalue weighted by atomic mass is 35.5. The van der Waals surface area contributed by atoms with Gasteiger partial charge in [0.05, 0.1) is 11.6 Å². The zero-order valence-electron chi connectivity index (χ0n) is 17.1. The lowest BCUT2D eigenvalue weighted by molar-refractivity contribution is -0.132. The average Bonchev–Trinajstić information content (AvgIpc) is 3.02. The van der Waals surface area contributed by atoms with Crippen molar-refractivity contribution in [2.24, 2.45) is 0 Å². The second-order valence-corrected chi connectivity index (χ2v) is 7.94. The average molecular weight is 433 g/mol. The van der Waals surface area contributed by atoms with Crippen molar-refractivity contribution in [2.75, 3.05) is 10.2 Å². The highest BCUT2D eigenvalue weighted by Gasteiger charge is 2.45. The smallest absolute Gasteiger partial charge is 0.300 e. The fourth-order valence-corrected chi connectivity index (χ4v) is 3.86. The van der Waals surface area contributed by atoms with E-state index in [2.05, 4.69) is 5.32 Å². The third kappa shape index (κ3) is 4.05. The molecule has 31 heavy (non-hydrogen) atoms. The Kier molecular flexibility index (Phi) is 5.53. The lowest BCUT2D eigenvalue weighted by atomic mass is 9.96. The van der Waals surface area contributed by atoms with E-state index >= 15 is 0 Å². The molecule has 1 heterocycles. The molecule has 1 fully saturated rings. The highest BCUT2D eigenvalue weighted by Crippen LogP contribution is 2.41. The number of ketones is 1. The molecule has 1 amide bonds. The minimum atomic E-state index is -0.625. The van der Waals surface area contributed by atoms with E-state index < -0.39 is 17.7 Å². The van der Waals surface area contributed by atoms with E-state index in [4.69, 9.17) is 11.6 Å². The number of carbonyl (C=O) groups is 2. The number of phenols is 1. The number of hydrogen-bond acceptors (Lipinski definition) is 4. The highest BCUT2D eigenvalue weighted by molar-refractivity contribution is 6.51. The van der Waals surface area contributed by atoms with Crippen molar-refractivity contribution >= 4 is 34.7 Å². The number of carbonyl (C=O) groups excluding carboxylic acids is 2. The Morgan fingerprint density at radius 1 is 0.935 bits per heavy atom. The predicted molar refractivity (Wildman–Crippen MR) is 122 cm³/mol. The number of nitrogens with zero attached hydrogens (tertiary/aromatic N) is 1. The van der Waals surface area contributed by atoms with Crippen LogP contribution in [-0.2, 0) is 9.59 Å². The summed E-state index contributed by atoms with van der Waals surface area (Å²) in [4.78, 5) is 27.7.